The number of Topliss-reactive ketones (excluding diaryl/α,β-unsaturated/α-hetero) is 1. The number of carbonyl (C=O) groups excluding carboxylic acids is 2. The summed E-state index contributed by atoms with van der Waals surface area (Å²) in [5, 5.41) is 4.13. The zero-order chi connectivity index (χ0) is 28.4. The van der Waals surface area contributed by atoms with E-state index in [9.17, 15) is 35.9 Å². The number of amides is 2. The van der Waals surface area contributed by atoms with Crippen LogP contribution in [0.5, 0.6) is 0 Å². The molecule has 208 valence electrons. The highest BCUT2D eigenvalue weighted by atomic mass is 35.5. The van der Waals surface area contributed by atoms with E-state index in [4.69, 9.17) is 0 Å². The van der Waals surface area contributed by atoms with Crippen LogP contribution in [0.15, 0.2) is 73.1 Å². The third-order valence-corrected chi connectivity index (χ3v) is 5.37. The van der Waals surface area contributed by atoms with Crippen LogP contribution in [-0.2, 0) is 12.4 Å². The van der Waals surface area contributed by atoms with E-state index >= 15 is 0 Å². The van der Waals surface area contributed by atoms with Gasteiger partial charge in [-0.05, 0) is 43.3 Å². The van der Waals surface area contributed by atoms with Crippen LogP contribution in [0.4, 0.5) is 42.8 Å². The molecule has 0 saturated heterocycles. The lowest BCUT2D eigenvalue weighted by Gasteiger charge is -2.15. The van der Waals surface area contributed by atoms with E-state index in [1.807, 2.05) is 5.32 Å². The molecule has 0 saturated carbocycles. The van der Waals surface area contributed by atoms with Crippen molar-refractivity contribution in [3.63, 3.8) is 0 Å². The second kappa shape index (κ2) is 11.7. The molecule has 0 aliphatic rings. The maximum Gasteiger partial charge on any atom is 0.416 e. The molecule has 0 bridgehead atoms. The summed E-state index contributed by atoms with van der Waals surface area (Å²) >= 11 is 0. The Labute approximate surface area is 229 Å². The van der Waals surface area contributed by atoms with Gasteiger partial charge in [-0.3, -0.25) is 15.1 Å². The number of pyridine rings is 1. The lowest BCUT2D eigenvalue weighted by atomic mass is 10.0. The summed E-state index contributed by atoms with van der Waals surface area (Å²) in [5.74, 6) is -0.389. The highest BCUT2D eigenvalue weighted by Crippen LogP contribution is 2.37. The quantitative estimate of drug-likeness (QED) is 0.188. The fraction of sp³-hybridized carbons (Fsp3) is 0.115. The largest absolute Gasteiger partial charge is 0.416 e. The topological polar surface area (TPSA) is 96.9 Å². The van der Waals surface area contributed by atoms with Crippen molar-refractivity contribution >= 4 is 35.9 Å². The maximum absolute atomic E-state index is 13.1. The Morgan fingerprint density at radius 3 is 2.00 bits per heavy atom. The van der Waals surface area contributed by atoms with Crippen molar-refractivity contribution in [3.05, 3.63) is 89.7 Å². The first kappa shape index (κ1) is 30.0. The Balaban J connectivity index is 0.00000441. The first-order valence-electron chi connectivity index (χ1n) is 11.1. The van der Waals surface area contributed by atoms with Crippen molar-refractivity contribution in [1.29, 1.82) is 0 Å². The molecule has 4 aromatic rings. The number of hydrogen-bond acceptors (Lipinski definition) is 5. The Morgan fingerprint density at radius 1 is 0.775 bits per heavy atom. The number of nitrogens with zero attached hydrogens (tertiary/aromatic N) is 3. The monoisotopic (exact) mass is 581 g/mol. The summed E-state index contributed by atoms with van der Waals surface area (Å²) in [7, 11) is 0. The molecule has 0 aliphatic heterocycles. The van der Waals surface area contributed by atoms with Crippen LogP contribution >= 0.6 is 12.4 Å². The van der Waals surface area contributed by atoms with Gasteiger partial charge < -0.3 is 5.32 Å². The first-order chi connectivity index (χ1) is 18.3. The summed E-state index contributed by atoms with van der Waals surface area (Å²) in [6, 6.07) is 11.4. The lowest BCUT2D eigenvalue weighted by Crippen LogP contribution is -2.22. The van der Waals surface area contributed by atoms with Crippen molar-refractivity contribution in [2.45, 2.75) is 19.3 Å². The predicted octanol–water partition coefficient (Wildman–Crippen LogP) is 7.51. The van der Waals surface area contributed by atoms with Crippen molar-refractivity contribution < 1.29 is 35.9 Å². The van der Waals surface area contributed by atoms with Crippen LogP contribution in [0.3, 0.4) is 0 Å². The van der Waals surface area contributed by atoms with E-state index in [0.29, 0.717) is 40.2 Å². The second-order valence-corrected chi connectivity index (χ2v) is 8.17. The molecular formula is C26H18ClF6N5O2. The van der Waals surface area contributed by atoms with Gasteiger partial charge in [-0.2, -0.15) is 26.3 Å². The predicted molar refractivity (Wildman–Crippen MR) is 137 cm³/mol. The number of anilines is 2. The normalized spacial score (nSPS) is 11.4. The maximum atomic E-state index is 13.1. The van der Waals surface area contributed by atoms with Gasteiger partial charge in [0.05, 0.1) is 22.5 Å². The number of carbonyl (C=O) groups is 2. The Bertz CT molecular complexity index is 1510. The van der Waals surface area contributed by atoms with Crippen LogP contribution in [0, 0.1) is 0 Å². The first-order valence-corrected chi connectivity index (χ1v) is 11.1. The van der Waals surface area contributed by atoms with Gasteiger partial charge in [0.1, 0.15) is 0 Å². The average Bonchev–Trinajstić information content (AvgIpc) is 2.87. The third-order valence-electron chi connectivity index (χ3n) is 5.37. The van der Waals surface area contributed by atoms with Crippen molar-refractivity contribution in [2.24, 2.45) is 0 Å². The van der Waals surface area contributed by atoms with E-state index in [0.717, 1.165) is 0 Å². The molecule has 14 heteroatoms. The van der Waals surface area contributed by atoms with Crippen LogP contribution in [-0.4, -0.2) is 26.8 Å². The molecule has 0 radical (unpaired) electrons. The van der Waals surface area contributed by atoms with Gasteiger partial charge in [0, 0.05) is 34.8 Å². The average molecular weight is 582 g/mol. The molecule has 2 aromatic carbocycles. The fourth-order valence-corrected chi connectivity index (χ4v) is 3.59. The van der Waals surface area contributed by atoms with E-state index in [-0.39, 0.29) is 30.2 Å². The van der Waals surface area contributed by atoms with Gasteiger partial charge >= 0.3 is 18.4 Å². The molecule has 2 heterocycles. The lowest BCUT2D eigenvalue weighted by molar-refractivity contribution is -0.143. The van der Waals surface area contributed by atoms with Crippen LogP contribution < -0.4 is 10.6 Å². The number of hydrogen-bond donors (Lipinski definition) is 2. The Morgan fingerprint density at radius 2 is 1.43 bits per heavy atom. The van der Waals surface area contributed by atoms with E-state index in [2.05, 4.69) is 20.3 Å². The van der Waals surface area contributed by atoms with E-state index < -0.39 is 35.2 Å². The molecular weight excluding hydrogens is 564 g/mol. The van der Waals surface area contributed by atoms with Gasteiger partial charge in [-0.1, -0.05) is 24.3 Å². The molecule has 7 nitrogen and oxygen atoms in total. The van der Waals surface area contributed by atoms with Crippen LogP contribution in [0.2, 0.25) is 0 Å². The standard InChI is InChI=1S/C26H17F6N5O2.ClH/c1-14(38)19-4-2-3-5-20(19)22-7-6-15(13-34-22)21-8-9-33-23(36-21)37-24(39)35-18-11-16(25(27,28)29)10-17(12-18)26(30,31)32;/h2-13H,1H3,(H2,33,35,36,37,39);1H. The van der Waals surface area contributed by atoms with Gasteiger partial charge in [0.15, 0.2) is 5.78 Å². The van der Waals surface area contributed by atoms with Crippen LogP contribution in [0.1, 0.15) is 28.4 Å². The Kier molecular flexibility index (Phi) is 8.78. The minimum absolute atomic E-state index is 0. The van der Waals surface area contributed by atoms with Crippen molar-refractivity contribution in [2.75, 3.05) is 10.6 Å². The van der Waals surface area contributed by atoms with Gasteiger partial charge in [0.25, 0.3) is 0 Å². The third kappa shape index (κ3) is 7.11. The molecule has 40 heavy (non-hydrogen) atoms. The Hall–Kier alpha value is -4.52. The molecule has 4 rings (SSSR count). The minimum Gasteiger partial charge on any atom is -0.308 e. The number of benzene rings is 2. The molecule has 2 aromatic heterocycles. The molecule has 0 unspecified atom stereocenters. The molecule has 0 aliphatic carbocycles. The molecule has 2 N–H and O–H groups in total. The van der Waals surface area contributed by atoms with Gasteiger partial charge in [-0.15, -0.1) is 12.4 Å². The second-order valence-electron chi connectivity index (χ2n) is 8.17. The number of ketones is 1. The smallest absolute Gasteiger partial charge is 0.308 e. The number of alkyl halides is 6. The van der Waals surface area contributed by atoms with Gasteiger partial charge in [-0.25, -0.2) is 14.8 Å². The number of nitrogens with one attached hydrogen (secondary N) is 2. The SMILES string of the molecule is CC(=O)c1ccccc1-c1ccc(-c2ccnc(NC(=O)Nc3cc(C(F)(F)F)cc(C(F)(F)F)c3)n2)cn1.Cl. The summed E-state index contributed by atoms with van der Waals surface area (Å²) in [6.07, 6.45) is -7.35. The number of urea groups is 1. The zero-order valence-electron chi connectivity index (χ0n) is 20.3. The summed E-state index contributed by atoms with van der Waals surface area (Å²) < 4.78 is 78.4. The number of halogens is 7. The molecule has 0 fully saturated rings. The summed E-state index contributed by atoms with van der Waals surface area (Å²) in [6.45, 7) is 1.45. The summed E-state index contributed by atoms with van der Waals surface area (Å²) in [5.41, 5.74) is -1.37. The van der Waals surface area contributed by atoms with Crippen LogP contribution in [0.25, 0.3) is 22.5 Å². The molecule has 2 amide bonds. The number of aromatic nitrogens is 3. The summed E-state index contributed by atoms with van der Waals surface area (Å²) in [4.78, 5) is 36.6. The van der Waals surface area contributed by atoms with Crippen molar-refractivity contribution in [3.8, 4) is 22.5 Å². The highest BCUT2D eigenvalue weighted by molar-refractivity contribution is 6.00. The van der Waals surface area contributed by atoms with E-state index in [1.54, 1.807) is 36.4 Å². The van der Waals surface area contributed by atoms with E-state index in [1.165, 1.54) is 25.4 Å². The zero-order valence-corrected chi connectivity index (χ0v) is 21.1. The fourth-order valence-electron chi connectivity index (χ4n) is 3.59. The number of rotatable bonds is 5. The highest BCUT2D eigenvalue weighted by Gasteiger charge is 2.37. The van der Waals surface area contributed by atoms with Crippen molar-refractivity contribution in [1.82, 2.24) is 15.0 Å². The van der Waals surface area contributed by atoms with Gasteiger partial charge in [0.2, 0.25) is 5.95 Å². The molecule has 0 atom stereocenters. The minimum atomic E-state index is -5.07. The molecule has 0 spiro atoms.